The van der Waals surface area contributed by atoms with Crippen LogP contribution in [0.5, 0.6) is 0 Å². The molecule has 0 spiro atoms. The summed E-state index contributed by atoms with van der Waals surface area (Å²) in [7, 11) is 0. The molecular weight excluding hydrogens is 221 g/mol. The molecular formula is C10H9F3N2O. The maximum atomic E-state index is 12.8. The van der Waals surface area contributed by atoms with Crippen molar-refractivity contribution in [2.24, 2.45) is 0 Å². The highest BCUT2D eigenvalue weighted by Crippen LogP contribution is 2.28. The van der Waals surface area contributed by atoms with Crippen molar-refractivity contribution < 1.29 is 18.0 Å². The molecule has 1 aromatic carbocycles. The average Bonchev–Trinajstić information content (AvgIpc) is 2.17. The minimum Gasteiger partial charge on any atom is -0.396 e. The number of rotatable bonds is 1. The second-order valence-corrected chi connectivity index (χ2v) is 3.75. The number of likely N-dealkylation sites (tertiary alicyclic amines) is 1. The Labute approximate surface area is 89.6 Å². The zero-order valence-electron chi connectivity index (χ0n) is 8.21. The fourth-order valence-electron chi connectivity index (χ4n) is 1.52. The highest BCUT2D eigenvalue weighted by molar-refractivity contribution is 5.95. The number of hydrogen-bond donors (Lipinski definition) is 1. The summed E-state index contributed by atoms with van der Waals surface area (Å²) in [5.74, 6) is -4.00. The number of amides is 1. The number of carbonyl (C=O) groups is 1. The number of hydrogen-bond acceptors (Lipinski definition) is 2. The molecule has 1 saturated heterocycles. The standard InChI is InChI=1S/C10H9F3N2O/c11-7-2-1-6(3-8(7)14)9(16)15-4-10(12,13)5-15/h1-3H,4-5,14H2. The van der Waals surface area contributed by atoms with Crippen LogP contribution in [0, 0.1) is 5.82 Å². The molecule has 2 N–H and O–H groups in total. The maximum Gasteiger partial charge on any atom is 0.282 e. The first-order valence-electron chi connectivity index (χ1n) is 4.61. The molecule has 0 saturated carbocycles. The summed E-state index contributed by atoms with van der Waals surface area (Å²) in [4.78, 5) is 12.6. The van der Waals surface area contributed by atoms with Crippen LogP contribution in [-0.2, 0) is 0 Å². The van der Waals surface area contributed by atoms with Gasteiger partial charge in [-0.15, -0.1) is 0 Å². The molecule has 0 aromatic heterocycles. The first-order valence-corrected chi connectivity index (χ1v) is 4.61. The van der Waals surface area contributed by atoms with E-state index in [2.05, 4.69) is 0 Å². The second kappa shape index (κ2) is 3.40. The summed E-state index contributed by atoms with van der Waals surface area (Å²) in [6.07, 6.45) is 0. The Hall–Kier alpha value is -1.72. The van der Waals surface area contributed by atoms with Crippen LogP contribution in [0.2, 0.25) is 0 Å². The predicted octanol–water partition coefficient (Wildman–Crippen LogP) is 1.50. The monoisotopic (exact) mass is 230 g/mol. The Kier molecular flexibility index (Phi) is 2.29. The van der Waals surface area contributed by atoms with E-state index in [4.69, 9.17) is 5.73 Å². The smallest absolute Gasteiger partial charge is 0.282 e. The number of alkyl halides is 2. The van der Waals surface area contributed by atoms with Crippen molar-refractivity contribution in [1.82, 2.24) is 4.90 Å². The summed E-state index contributed by atoms with van der Waals surface area (Å²) in [6, 6.07) is 3.42. The van der Waals surface area contributed by atoms with E-state index in [0.29, 0.717) is 0 Å². The molecule has 16 heavy (non-hydrogen) atoms. The Morgan fingerprint density at radius 2 is 2.00 bits per heavy atom. The fraction of sp³-hybridized carbons (Fsp3) is 0.300. The zero-order valence-corrected chi connectivity index (χ0v) is 8.21. The zero-order chi connectivity index (χ0) is 11.9. The third kappa shape index (κ3) is 1.82. The molecule has 1 fully saturated rings. The lowest BCUT2D eigenvalue weighted by Crippen LogP contribution is -2.58. The lowest BCUT2D eigenvalue weighted by Gasteiger charge is -2.38. The van der Waals surface area contributed by atoms with Gasteiger partial charge in [-0.25, -0.2) is 13.2 Å². The van der Waals surface area contributed by atoms with Crippen molar-refractivity contribution in [2.45, 2.75) is 5.92 Å². The first kappa shape index (κ1) is 10.8. The molecule has 1 amide bonds. The number of carbonyl (C=O) groups excluding carboxylic acids is 1. The average molecular weight is 230 g/mol. The van der Waals surface area contributed by atoms with Crippen molar-refractivity contribution in [3.63, 3.8) is 0 Å². The molecule has 86 valence electrons. The SMILES string of the molecule is Nc1cc(C(=O)N2CC(F)(F)C2)ccc1F. The van der Waals surface area contributed by atoms with Crippen LogP contribution in [0.3, 0.4) is 0 Å². The van der Waals surface area contributed by atoms with Gasteiger partial charge in [0, 0.05) is 5.56 Å². The van der Waals surface area contributed by atoms with E-state index in [1.807, 2.05) is 0 Å². The normalized spacial score (nSPS) is 18.1. The quantitative estimate of drug-likeness (QED) is 0.743. The van der Waals surface area contributed by atoms with Gasteiger partial charge in [0.2, 0.25) is 0 Å². The van der Waals surface area contributed by atoms with Crippen molar-refractivity contribution in [3.05, 3.63) is 29.6 Å². The summed E-state index contributed by atoms with van der Waals surface area (Å²) in [5.41, 5.74) is 5.23. The van der Waals surface area contributed by atoms with Crippen LogP contribution in [0.25, 0.3) is 0 Å². The van der Waals surface area contributed by atoms with Gasteiger partial charge in [-0.05, 0) is 18.2 Å². The highest BCUT2D eigenvalue weighted by atomic mass is 19.3. The number of halogens is 3. The van der Waals surface area contributed by atoms with Gasteiger partial charge in [0.15, 0.2) is 0 Å². The van der Waals surface area contributed by atoms with Crippen LogP contribution in [0.15, 0.2) is 18.2 Å². The Morgan fingerprint density at radius 3 is 2.50 bits per heavy atom. The fourth-order valence-corrected chi connectivity index (χ4v) is 1.52. The summed E-state index contributed by atoms with van der Waals surface area (Å²) < 4.78 is 37.9. The lowest BCUT2D eigenvalue weighted by molar-refractivity contribution is -0.113. The highest BCUT2D eigenvalue weighted by Gasteiger charge is 2.46. The molecule has 1 aromatic rings. The number of nitrogens with zero attached hydrogens (tertiary/aromatic N) is 1. The van der Waals surface area contributed by atoms with Crippen LogP contribution in [0.4, 0.5) is 18.9 Å². The molecule has 2 rings (SSSR count). The molecule has 1 aliphatic rings. The Balaban J connectivity index is 2.13. The van der Waals surface area contributed by atoms with E-state index in [9.17, 15) is 18.0 Å². The maximum absolute atomic E-state index is 12.8. The van der Waals surface area contributed by atoms with Gasteiger partial charge in [-0.3, -0.25) is 4.79 Å². The summed E-state index contributed by atoms with van der Waals surface area (Å²) in [5, 5.41) is 0. The molecule has 1 aliphatic heterocycles. The van der Waals surface area contributed by atoms with Crippen molar-refractivity contribution >= 4 is 11.6 Å². The Bertz CT molecular complexity index is 440. The predicted molar refractivity (Wildman–Crippen MR) is 51.7 cm³/mol. The topological polar surface area (TPSA) is 46.3 Å². The van der Waals surface area contributed by atoms with E-state index in [1.165, 1.54) is 6.07 Å². The lowest BCUT2D eigenvalue weighted by atomic mass is 10.1. The molecule has 1 heterocycles. The van der Waals surface area contributed by atoms with Crippen LogP contribution >= 0.6 is 0 Å². The minimum absolute atomic E-state index is 0.120. The largest absolute Gasteiger partial charge is 0.396 e. The van der Waals surface area contributed by atoms with Crippen LogP contribution < -0.4 is 5.73 Å². The molecule has 3 nitrogen and oxygen atoms in total. The van der Waals surface area contributed by atoms with E-state index < -0.39 is 30.7 Å². The van der Waals surface area contributed by atoms with Crippen molar-refractivity contribution in [1.29, 1.82) is 0 Å². The van der Waals surface area contributed by atoms with Crippen LogP contribution in [0.1, 0.15) is 10.4 Å². The Morgan fingerprint density at radius 1 is 1.38 bits per heavy atom. The van der Waals surface area contributed by atoms with Gasteiger partial charge in [0.1, 0.15) is 5.82 Å². The van der Waals surface area contributed by atoms with E-state index >= 15 is 0 Å². The van der Waals surface area contributed by atoms with Crippen molar-refractivity contribution in [3.8, 4) is 0 Å². The van der Waals surface area contributed by atoms with Gasteiger partial charge in [-0.2, -0.15) is 0 Å². The third-order valence-electron chi connectivity index (χ3n) is 2.37. The minimum atomic E-state index is -2.80. The van der Waals surface area contributed by atoms with E-state index in [0.717, 1.165) is 17.0 Å². The number of benzene rings is 1. The molecule has 0 radical (unpaired) electrons. The molecule has 0 aliphatic carbocycles. The van der Waals surface area contributed by atoms with E-state index in [1.54, 1.807) is 0 Å². The molecule has 0 atom stereocenters. The summed E-state index contributed by atoms with van der Waals surface area (Å²) in [6.45, 7) is -1.19. The van der Waals surface area contributed by atoms with Crippen molar-refractivity contribution in [2.75, 3.05) is 18.8 Å². The van der Waals surface area contributed by atoms with E-state index in [-0.39, 0.29) is 11.3 Å². The summed E-state index contributed by atoms with van der Waals surface area (Å²) >= 11 is 0. The molecule has 0 bridgehead atoms. The van der Waals surface area contributed by atoms with Gasteiger partial charge in [0.25, 0.3) is 11.8 Å². The van der Waals surface area contributed by atoms with Gasteiger partial charge >= 0.3 is 0 Å². The third-order valence-corrected chi connectivity index (χ3v) is 2.37. The van der Waals surface area contributed by atoms with Gasteiger partial charge in [0.05, 0.1) is 18.8 Å². The van der Waals surface area contributed by atoms with Crippen LogP contribution in [-0.4, -0.2) is 29.8 Å². The van der Waals surface area contributed by atoms with Gasteiger partial charge < -0.3 is 10.6 Å². The van der Waals surface area contributed by atoms with Gasteiger partial charge in [-0.1, -0.05) is 0 Å². The first-order chi connectivity index (χ1) is 7.39. The molecule has 6 heteroatoms. The molecule has 0 unspecified atom stereocenters. The number of nitrogen functional groups attached to an aromatic ring is 1. The number of anilines is 1. The number of nitrogens with two attached hydrogens (primary N) is 1. The second-order valence-electron chi connectivity index (χ2n) is 3.75.